The first kappa shape index (κ1) is 21.3. The topological polar surface area (TPSA) is 103 Å². The Labute approximate surface area is 136 Å². The van der Waals surface area contributed by atoms with Crippen LogP contribution < -0.4 is 5.32 Å². The van der Waals surface area contributed by atoms with Crippen LogP contribution in [0.15, 0.2) is 0 Å². The predicted octanol–water partition coefficient (Wildman–Crippen LogP) is -0.333. The highest BCUT2D eigenvalue weighted by Gasteiger charge is 2.03. The molecule has 0 unspecified atom stereocenters. The number of ether oxygens (including phenoxy) is 4. The third-order valence-corrected chi connectivity index (χ3v) is 2.44. The van der Waals surface area contributed by atoms with Crippen LogP contribution in [0.25, 0.3) is 0 Å². The lowest BCUT2D eigenvalue weighted by Gasteiger charge is -2.07. The van der Waals surface area contributed by atoms with Crippen molar-refractivity contribution in [3.05, 3.63) is 0 Å². The van der Waals surface area contributed by atoms with Crippen LogP contribution in [-0.2, 0) is 28.5 Å². The van der Waals surface area contributed by atoms with Crippen molar-refractivity contribution < 1.29 is 33.6 Å². The van der Waals surface area contributed by atoms with Crippen LogP contribution in [0, 0.1) is 12.3 Å². The molecular formula is C15H25NO7. The van der Waals surface area contributed by atoms with Gasteiger partial charge in [-0.25, -0.2) is 0 Å². The Hall–Kier alpha value is -1.66. The largest absolute Gasteiger partial charge is 0.481 e. The lowest BCUT2D eigenvalue weighted by atomic mass is 10.3. The molecule has 0 bridgehead atoms. The second-order valence-electron chi connectivity index (χ2n) is 4.34. The Morgan fingerprint density at radius 3 is 1.91 bits per heavy atom. The van der Waals surface area contributed by atoms with Crippen LogP contribution in [0.1, 0.15) is 12.8 Å². The van der Waals surface area contributed by atoms with E-state index >= 15 is 0 Å². The van der Waals surface area contributed by atoms with E-state index in [1.807, 2.05) is 0 Å². The van der Waals surface area contributed by atoms with Gasteiger partial charge in [0.05, 0.1) is 52.7 Å². The first-order chi connectivity index (χ1) is 11.2. The normalized spacial score (nSPS) is 10.2. The lowest BCUT2D eigenvalue weighted by Crippen LogP contribution is -2.27. The minimum atomic E-state index is -0.988. The minimum Gasteiger partial charge on any atom is -0.481 e. The average Bonchev–Trinajstić information content (AvgIpc) is 2.53. The Morgan fingerprint density at radius 1 is 0.870 bits per heavy atom. The summed E-state index contributed by atoms with van der Waals surface area (Å²) in [4.78, 5) is 21.4. The molecule has 1 amide bonds. The van der Waals surface area contributed by atoms with Crippen molar-refractivity contribution in [2.45, 2.75) is 12.8 Å². The van der Waals surface area contributed by atoms with Gasteiger partial charge in [0.15, 0.2) is 0 Å². The highest BCUT2D eigenvalue weighted by molar-refractivity contribution is 5.80. The molecule has 0 heterocycles. The van der Waals surface area contributed by atoms with E-state index in [1.54, 1.807) is 0 Å². The van der Waals surface area contributed by atoms with Crippen molar-refractivity contribution >= 4 is 11.9 Å². The molecule has 0 radical (unpaired) electrons. The SMILES string of the molecule is C#CCOCCOCCOCCOCCNC(=O)CCC(=O)O. The zero-order chi connectivity index (χ0) is 17.2. The summed E-state index contributed by atoms with van der Waals surface area (Å²) < 4.78 is 20.8. The second kappa shape index (κ2) is 16.7. The van der Waals surface area contributed by atoms with Crippen LogP contribution in [0.4, 0.5) is 0 Å². The maximum absolute atomic E-state index is 11.2. The van der Waals surface area contributed by atoms with Gasteiger partial charge in [-0.1, -0.05) is 5.92 Å². The highest BCUT2D eigenvalue weighted by Crippen LogP contribution is 1.88. The van der Waals surface area contributed by atoms with Gasteiger partial charge in [0.25, 0.3) is 0 Å². The number of carboxylic acid groups (broad SMARTS) is 1. The fourth-order valence-corrected chi connectivity index (χ4v) is 1.36. The van der Waals surface area contributed by atoms with Crippen LogP contribution in [-0.4, -0.2) is 76.4 Å². The summed E-state index contributed by atoms with van der Waals surface area (Å²) in [7, 11) is 0. The molecule has 0 saturated carbocycles. The van der Waals surface area contributed by atoms with Crippen LogP contribution in [0.2, 0.25) is 0 Å². The van der Waals surface area contributed by atoms with Crippen LogP contribution in [0.3, 0.4) is 0 Å². The van der Waals surface area contributed by atoms with Crippen molar-refractivity contribution in [3.8, 4) is 12.3 Å². The van der Waals surface area contributed by atoms with Gasteiger partial charge in [-0.2, -0.15) is 0 Å². The Kier molecular flexibility index (Phi) is 15.5. The summed E-state index contributed by atoms with van der Waals surface area (Å²) in [5.41, 5.74) is 0. The maximum Gasteiger partial charge on any atom is 0.303 e. The molecule has 0 fully saturated rings. The van der Waals surface area contributed by atoms with E-state index in [0.717, 1.165) is 0 Å². The molecule has 0 aromatic heterocycles. The van der Waals surface area contributed by atoms with Crippen molar-refractivity contribution in [3.63, 3.8) is 0 Å². The first-order valence-corrected chi connectivity index (χ1v) is 7.39. The summed E-state index contributed by atoms with van der Waals surface area (Å²) in [6.45, 7) is 3.71. The summed E-state index contributed by atoms with van der Waals surface area (Å²) in [6, 6.07) is 0. The number of terminal acetylenes is 1. The van der Waals surface area contributed by atoms with E-state index in [0.29, 0.717) is 52.8 Å². The van der Waals surface area contributed by atoms with E-state index in [1.165, 1.54) is 0 Å². The number of nitrogens with one attached hydrogen (secondary N) is 1. The Bertz CT molecular complexity index is 354. The monoisotopic (exact) mass is 331 g/mol. The number of hydrogen-bond donors (Lipinski definition) is 2. The van der Waals surface area contributed by atoms with E-state index in [4.69, 9.17) is 30.5 Å². The molecule has 0 spiro atoms. The summed E-state index contributed by atoms with van der Waals surface area (Å²) in [5.74, 6) is 1.08. The average molecular weight is 331 g/mol. The molecule has 0 aliphatic carbocycles. The van der Waals surface area contributed by atoms with Crippen LogP contribution >= 0.6 is 0 Å². The molecule has 0 aliphatic heterocycles. The molecule has 2 N–H and O–H groups in total. The maximum atomic E-state index is 11.2. The Morgan fingerprint density at radius 2 is 1.39 bits per heavy atom. The molecule has 8 nitrogen and oxygen atoms in total. The van der Waals surface area contributed by atoms with E-state index in [2.05, 4.69) is 11.2 Å². The van der Waals surface area contributed by atoms with Crippen molar-refractivity contribution in [2.75, 3.05) is 59.4 Å². The van der Waals surface area contributed by atoms with Gasteiger partial charge in [0, 0.05) is 13.0 Å². The third kappa shape index (κ3) is 18.3. The fourth-order valence-electron chi connectivity index (χ4n) is 1.36. The summed E-state index contributed by atoms with van der Waals surface area (Å²) >= 11 is 0. The smallest absolute Gasteiger partial charge is 0.303 e. The van der Waals surface area contributed by atoms with Crippen molar-refractivity contribution in [1.29, 1.82) is 0 Å². The van der Waals surface area contributed by atoms with Crippen molar-refractivity contribution in [1.82, 2.24) is 5.32 Å². The van der Waals surface area contributed by atoms with Crippen molar-refractivity contribution in [2.24, 2.45) is 0 Å². The number of amides is 1. The number of aliphatic carboxylic acids is 1. The molecule has 0 atom stereocenters. The Balaban J connectivity index is 3.12. The molecule has 0 aliphatic rings. The third-order valence-electron chi connectivity index (χ3n) is 2.44. The highest BCUT2D eigenvalue weighted by atomic mass is 16.6. The van der Waals surface area contributed by atoms with Gasteiger partial charge in [-0.05, 0) is 0 Å². The molecule has 23 heavy (non-hydrogen) atoms. The van der Waals surface area contributed by atoms with Crippen LogP contribution in [0.5, 0.6) is 0 Å². The van der Waals surface area contributed by atoms with E-state index in [-0.39, 0.29) is 25.4 Å². The van der Waals surface area contributed by atoms with E-state index in [9.17, 15) is 9.59 Å². The van der Waals surface area contributed by atoms with Gasteiger partial charge >= 0.3 is 5.97 Å². The van der Waals surface area contributed by atoms with Gasteiger partial charge in [0.1, 0.15) is 6.61 Å². The number of carbonyl (C=O) groups excluding carboxylic acids is 1. The molecule has 0 aromatic carbocycles. The molecule has 0 aromatic rings. The minimum absolute atomic E-state index is 0.0216. The van der Waals surface area contributed by atoms with E-state index < -0.39 is 5.97 Å². The standard InChI is InChI=1S/C15H25NO7/c1-2-6-20-8-10-22-12-13-23-11-9-21-7-5-16-14(17)3-4-15(18)19/h1H,3-13H2,(H,16,17)(H,18,19). The van der Waals surface area contributed by atoms with Gasteiger partial charge in [-0.15, -0.1) is 6.42 Å². The molecular weight excluding hydrogens is 306 g/mol. The number of rotatable bonds is 16. The van der Waals surface area contributed by atoms with Gasteiger partial charge in [-0.3, -0.25) is 9.59 Å². The number of hydrogen-bond acceptors (Lipinski definition) is 6. The first-order valence-electron chi connectivity index (χ1n) is 7.39. The summed E-state index contributed by atoms with van der Waals surface area (Å²) in [5, 5.41) is 11.0. The molecule has 132 valence electrons. The number of carbonyl (C=O) groups is 2. The zero-order valence-electron chi connectivity index (χ0n) is 13.3. The van der Waals surface area contributed by atoms with Gasteiger partial charge < -0.3 is 29.4 Å². The number of carboxylic acids is 1. The predicted molar refractivity (Wildman–Crippen MR) is 82.0 cm³/mol. The quantitative estimate of drug-likeness (QED) is 0.295. The molecule has 8 heteroatoms. The molecule has 0 rings (SSSR count). The second-order valence-corrected chi connectivity index (χ2v) is 4.34. The zero-order valence-corrected chi connectivity index (χ0v) is 13.3. The molecule has 0 saturated heterocycles. The van der Waals surface area contributed by atoms with Gasteiger partial charge in [0.2, 0.25) is 5.91 Å². The summed E-state index contributed by atoms with van der Waals surface area (Å²) in [6.07, 6.45) is 4.83. The lowest BCUT2D eigenvalue weighted by molar-refractivity contribution is -0.138. The fraction of sp³-hybridized carbons (Fsp3) is 0.733.